The Hall–Kier alpha value is -1.06. The first kappa shape index (κ1) is 5.70. The summed E-state index contributed by atoms with van der Waals surface area (Å²) < 4.78 is 4.62. The molecule has 2 heterocycles. The van der Waals surface area contributed by atoms with Crippen molar-refractivity contribution in [3.05, 3.63) is 6.26 Å². The van der Waals surface area contributed by atoms with Crippen molar-refractivity contribution in [2.75, 3.05) is 18.0 Å². The fourth-order valence-electron chi connectivity index (χ4n) is 1.24. The first-order valence-corrected chi connectivity index (χ1v) is 3.49. The summed E-state index contributed by atoms with van der Waals surface area (Å²) >= 11 is 0. The summed E-state index contributed by atoms with van der Waals surface area (Å²) in [5.74, 6) is 0.873. The van der Waals surface area contributed by atoms with Gasteiger partial charge in [0.05, 0.1) is 0 Å². The van der Waals surface area contributed by atoms with Crippen LogP contribution in [0.5, 0.6) is 0 Å². The largest absolute Gasteiger partial charge is 0.352 e. The van der Waals surface area contributed by atoms with Crippen LogP contribution in [0.1, 0.15) is 12.8 Å². The number of nitrogens with zero attached hydrogens (tertiary/aromatic N) is 3. The van der Waals surface area contributed by atoms with E-state index < -0.39 is 0 Å². The summed E-state index contributed by atoms with van der Waals surface area (Å²) in [5, 5.41) is 7.21. The van der Waals surface area contributed by atoms with Gasteiger partial charge in [-0.05, 0) is 12.8 Å². The van der Waals surface area contributed by atoms with E-state index in [2.05, 4.69) is 19.8 Å². The Labute approximate surface area is 58.8 Å². The molecule has 1 aromatic heterocycles. The van der Waals surface area contributed by atoms with Crippen molar-refractivity contribution in [1.29, 1.82) is 0 Å². The van der Waals surface area contributed by atoms with Crippen molar-refractivity contribution in [3.8, 4) is 0 Å². The van der Waals surface area contributed by atoms with Gasteiger partial charge in [0.25, 0.3) is 0 Å². The normalized spacial score (nSPS) is 18.2. The van der Waals surface area contributed by atoms with E-state index in [0.29, 0.717) is 0 Å². The Morgan fingerprint density at radius 1 is 1.40 bits per heavy atom. The highest BCUT2D eigenvalue weighted by Crippen LogP contribution is 2.15. The summed E-state index contributed by atoms with van der Waals surface area (Å²) in [5.41, 5.74) is 0. The number of hydrogen-bond donors (Lipinski definition) is 0. The molecule has 2 rings (SSSR count). The smallest absolute Gasteiger partial charge is 0.192 e. The van der Waals surface area contributed by atoms with Crippen LogP contribution in [-0.4, -0.2) is 23.5 Å². The summed E-state index contributed by atoms with van der Waals surface area (Å²) in [6.45, 7) is 2.18. The molecule has 1 aliphatic heterocycles. The van der Waals surface area contributed by atoms with E-state index in [4.69, 9.17) is 0 Å². The Bertz CT molecular complexity index is 191. The minimum atomic E-state index is 0.873. The lowest BCUT2D eigenvalue weighted by Gasteiger charge is -2.10. The van der Waals surface area contributed by atoms with Gasteiger partial charge >= 0.3 is 0 Å². The van der Waals surface area contributed by atoms with Gasteiger partial charge in [-0.15, -0.1) is 0 Å². The molecule has 4 heteroatoms. The highest BCUT2D eigenvalue weighted by atomic mass is 16.5. The molecule has 1 saturated heterocycles. The van der Waals surface area contributed by atoms with E-state index in [1.807, 2.05) is 0 Å². The maximum atomic E-state index is 4.62. The third-order valence-electron chi connectivity index (χ3n) is 1.78. The van der Waals surface area contributed by atoms with E-state index in [1.165, 1.54) is 12.8 Å². The number of rotatable bonds is 1. The second-order valence-corrected chi connectivity index (χ2v) is 2.46. The van der Waals surface area contributed by atoms with Gasteiger partial charge in [0.1, 0.15) is 0 Å². The van der Waals surface area contributed by atoms with Crippen LogP contribution < -0.4 is 4.90 Å². The predicted molar refractivity (Wildman–Crippen MR) is 35.7 cm³/mol. The molecule has 1 aliphatic rings. The molecule has 0 amide bonds. The van der Waals surface area contributed by atoms with Crippen LogP contribution in [-0.2, 0) is 0 Å². The molecule has 54 valence electrons. The zero-order valence-corrected chi connectivity index (χ0v) is 5.66. The molecule has 1 fully saturated rings. The molecule has 0 bridgehead atoms. The van der Waals surface area contributed by atoms with Crippen LogP contribution in [0.3, 0.4) is 0 Å². The fourth-order valence-corrected chi connectivity index (χ4v) is 1.24. The molecule has 1 aromatic rings. The number of anilines is 1. The molecule has 0 radical (unpaired) electrons. The van der Waals surface area contributed by atoms with E-state index in [1.54, 1.807) is 6.26 Å². The van der Waals surface area contributed by atoms with E-state index in [0.717, 1.165) is 18.9 Å². The van der Waals surface area contributed by atoms with Crippen LogP contribution in [0.4, 0.5) is 5.82 Å². The molecular formula is C6H9N3O. The second-order valence-electron chi connectivity index (χ2n) is 2.46. The molecule has 0 atom stereocenters. The lowest BCUT2D eigenvalue weighted by atomic mass is 10.4. The first-order chi connectivity index (χ1) is 4.97. The monoisotopic (exact) mass is 139 g/mol. The minimum absolute atomic E-state index is 0.873. The average Bonchev–Trinajstić information content (AvgIpc) is 2.59. The molecular weight excluding hydrogens is 130 g/mol. The van der Waals surface area contributed by atoms with Crippen molar-refractivity contribution in [1.82, 2.24) is 10.4 Å². The average molecular weight is 139 g/mol. The van der Waals surface area contributed by atoms with Gasteiger partial charge in [-0.1, -0.05) is 5.10 Å². The third-order valence-corrected chi connectivity index (χ3v) is 1.78. The molecule has 0 N–H and O–H groups in total. The molecule has 0 aliphatic carbocycles. The Morgan fingerprint density at radius 2 is 2.20 bits per heavy atom. The highest BCUT2D eigenvalue weighted by molar-refractivity contribution is 5.33. The Kier molecular flexibility index (Phi) is 1.30. The summed E-state index contributed by atoms with van der Waals surface area (Å²) in [7, 11) is 0. The van der Waals surface area contributed by atoms with Crippen LogP contribution in [0.25, 0.3) is 0 Å². The second kappa shape index (κ2) is 2.28. The Morgan fingerprint density at radius 3 is 2.80 bits per heavy atom. The number of aromatic nitrogens is 2. The van der Waals surface area contributed by atoms with Crippen molar-refractivity contribution < 1.29 is 4.52 Å². The van der Waals surface area contributed by atoms with Gasteiger partial charge in [0.15, 0.2) is 12.1 Å². The molecule has 10 heavy (non-hydrogen) atoms. The lowest BCUT2D eigenvalue weighted by molar-refractivity contribution is 0.393. The zero-order chi connectivity index (χ0) is 6.81. The van der Waals surface area contributed by atoms with Gasteiger partial charge in [-0.25, -0.2) is 0 Å². The van der Waals surface area contributed by atoms with Gasteiger partial charge in [0.2, 0.25) is 0 Å². The fraction of sp³-hybridized carbons (Fsp3) is 0.667. The minimum Gasteiger partial charge on any atom is -0.352 e. The molecule has 0 spiro atoms. The molecule has 4 nitrogen and oxygen atoms in total. The van der Waals surface area contributed by atoms with Gasteiger partial charge in [-0.2, -0.15) is 0 Å². The van der Waals surface area contributed by atoms with Gasteiger partial charge < -0.3 is 9.42 Å². The molecule has 0 unspecified atom stereocenters. The number of hydrogen-bond acceptors (Lipinski definition) is 4. The predicted octanol–water partition coefficient (Wildman–Crippen LogP) is 0.670. The van der Waals surface area contributed by atoms with Crippen LogP contribution in [0.2, 0.25) is 0 Å². The van der Waals surface area contributed by atoms with E-state index in [-0.39, 0.29) is 0 Å². The Balaban J connectivity index is 2.12. The van der Waals surface area contributed by atoms with Crippen LogP contribution >= 0.6 is 0 Å². The van der Waals surface area contributed by atoms with Crippen molar-refractivity contribution >= 4 is 5.82 Å². The highest BCUT2D eigenvalue weighted by Gasteiger charge is 2.14. The third kappa shape index (κ3) is 0.853. The maximum Gasteiger partial charge on any atom is 0.192 e. The van der Waals surface area contributed by atoms with Crippen molar-refractivity contribution in [2.24, 2.45) is 0 Å². The van der Waals surface area contributed by atoms with E-state index >= 15 is 0 Å². The van der Waals surface area contributed by atoms with Crippen molar-refractivity contribution in [2.45, 2.75) is 12.8 Å². The summed E-state index contributed by atoms with van der Waals surface area (Å²) in [4.78, 5) is 2.18. The standard InChI is InChI=1S/C6H9N3O/c1-2-4-9(3-1)6-5-10-8-7-6/h5H,1-4H2. The topological polar surface area (TPSA) is 42.2 Å². The zero-order valence-electron chi connectivity index (χ0n) is 5.66. The van der Waals surface area contributed by atoms with Crippen molar-refractivity contribution in [3.63, 3.8) is 0 Å². The molecule has 0 aromatic carbocycles. The van der Waals surface area contributed by atoms with Gasteiger partial charge in [-0.3, -0.25) is 0 Å². The lowest BCUT2D eigenvalue weighted by Crippen LogP contribution is -2.17. The van der Waals surface area contributed by atoms with E-state index in [9.17, 15) is 0 Å². The van der Waals surface area contributed by atoms with Crippen LogP contribution in [0, 0.1) is 0 Å². The maximum absolute atomic E-state index is 4.62. The van der Waals surface area contributed by atoms with Crippen LogP contribution in [0.15, 0.2) is 10.8 Å². The van der Waals surface area contributed by atoms with Gasteiger partial charge in [0, 0.05) is 18.4 Å². The summed E-state index contributed by atoms with van der Waals surface area (Å²) in [6.07, 6.45) is 4.10. The quantitative estimate of drug-likeness (QED) is 0.573. The molecule has 0 saturated carbocycles. The summed E-state index contributed by atoms with van der Waals surface area (Å²) in [6, 6.07) is 0. The first-order valence-electron chi connectivity index (χ1n) is 3.49. The SMILES string of the molecule is c1onnc1N1CCCC1.